The molecule has 0 aliphatic carbocycles. The molecule has 17 heavy (non-hydrogen) atoms. The molecule has 1 rings (SSSR count). The van der Waals surface area contributed by atoms with E-state index in [0.29, 0.717) is 6.61 Å². The van der Waals surface area contributed by atoms with Crippen LogP contribution in [0.2, 0.25) is 0 Å². The molecule has 0 bridgehead atoms. The van der Waals surface area contributed by atoms with Crippen molar-refractivity contribution in [3.63, 3.8) is 0 Å². The SMILES string of the molecule is C=C(C)C(C)OC(OCC)[Se]c1ccccc1. The van der Waals surface area contributed by atoms with E-state index in [1.807, 2.05) is 39.0 Å². The molecule has 0 fully saturated rings. The molecule has 2 atom stereocenters. The predicted molar refractivity (Wildman–Crippen MR) is 72.6 cm³/mol. The van der Waals surface area contributed by atoms with E-state index in [2.05, 4.69) is 18.7 Å². The number of benzene rings is 1. The Hall–Kier alpha value is -0.601. The molecule has 2 unspecified atom stereocenters. The van der Waals surface area contributed by atoms with E-state index >= 15 is 0 Å². The first-order chi connectivity index (χ1) is 8.13. The molecule has 0 aliphatic heterocycles. The summed E-state index contributed by atoms with van der Waals surface area (Å²) in [6.07, 6.45) is 0.0390. The molecule has 0 saturated heterocycles. The molecule has 0 spiro atoms. The van der Waals surface area contributed by atoms with Gasteiger partial charge in [-0.2, -0.15) is 0 Å². The van der Waals surface area contributed by atoms with Crippen molar-refractivity contribution in [3.05, 3.63) is 42.5 Å². The Kier molecular flexibility index (Phi) is 6.53. The fourth-order valence-corrected chi connectivity index (χ4v) is 3.15. The van der Waals surface area contributed by atoms with Gasteiger partial charge in [-0.15, -0.1) is 0 Å². The monoisotopic (exact) mass is 300 g/mol. The molecule has 1 aromatic rings. The van der Waals surface area contributed by atoms with Gasteiger partial charge in [0.1, 0.15) is 0 Å². The number of ether oxygens (including phenoxy) is 2. The van der Waals surface area contributed by atoms with Crippen molar-refractivity contribution in [1.82, 2.24) is 0 Å². The number of hydrogen-bond donors (Lipinski definition) is 0. The Morgan fingerprint density at radius 2 is 2.00 bits per heavy atom. The summed E-state index contributed by atoms with van der Waals surface area (Å²) in [6, 6.07) is 10.3. The second-order valence-corrected chi connectivity index (χ2v) is 6.09. The molecule has 0 heterocycles. The number of rotatable bonds is 7. The van der Waals surface area contributed by atoms with Crippen molar-refractivity contribution in [1.29, 1.82) is 0 Å². The third-order valence-electron chi connectivity index (χ3n) is 2.29. The minimum atomic E-state index is -0.137. The average Bonchev–Trinajstić information content (AvgIpc) is 2.30. The van der Waals surface area contributed by atoms with Crippen molar-refractivity contribution < 1.29 is 9.47 Å². The third-order valence-corrected chi connectivity index (χ3v) is 4.35. The molecule has 0 N–H and O–H groups in total. The summed E-state index contributed by atoms with van der Waals surface area (Å²) >= 11 is 0.168. The molecule has 0 aromatic heterocycles. The summed E-state index contributed by atoms with van der Waals surface area (Å²) in [5, 5.41) is -0.137. The molecule has 0 saturated carbocycles. The van der Waals surface area contributed by atoms with Gasteiger partial charge >= 0.3 is 110 Å². The predicted octanol–water partition coefficient (Wildman–Crippen LogP) is 2.32. The van der Waals surface area contributed by atoms with Gasteiger partial charge in [0.15, 0.2) is 0 Å². The van der Waals surface area contributed by atoms with Gasteiger partial charge in [0.25, 0.3) is 0 Å². The van der Waals surface area contributed by atoms with Crippen molar-refractivity contribution >= 4 is 19.4 Å². The van der Waals surface area contributed by atoms with E-state index in [-0.39, 0.29) is 26.2 Å². The Bertz CT molecular complexity index is 337. The second kappa shape index (κ2) is 7.67. The molecular weight excluding hydrogens is 279 g/mol. The first-order valence-corrected chi connectivity index (χ1v) is 7.62. The van der Waals surface area contributed by atoms with Gasteiger partial charge in [0, 0.05) is 0 Å². The summed E-state index contributed by atoms with van der Waals surface area (Å²) in [6.45, 7) is 10.5. The molecule has 3 heteroatoms. The zero-order valence-corrected chi connectivity index (χ0v) is 12.4. The Morgan fingerprint density at radius 3 is 2.53 bits per heavy atom. The molecule has 2 nitrogen and oxygen atoms in total. The van der Waals surface area contributed by atoms with Gasteiger partial charge < -0.3 is 0 Å². The van der Waals surface area contributed by atoms with Crippen molar-refractivity contribution in [2.75, 3.05) is 6.61 Å². The Labute approximate surface area is 110 Å². The van der Waals surface area contributed by atoms with Crippen molar-refractivity contribution in [3.8, 4) is 0 Å². The molecule has 94 valence electrons. The number of hydrogen-bond acceptors (Lipinski definition) is 2. The van der Waals surface area contributed by atoms with E-state index in [9.17, 15) is 0 Å². The van der Waals surface area contributed by atoms with Crippen molar-refractivity contribution in [2.24, 2.45) is 0 Å². The zero-order chi connectivity index (χ0) is 12.7. The Balaban J connectivity index is 2.57. The molecule has 0 amide bonds. The van der Waals surface area contributed by atoms with Crippen LogP contribution in [0.1, 0.15) is 20.8 Å². The fourth-order valence-electron chi connectivity index (χ4n) is 1.13. The first-order valence-electron chi connectivity index (χ1n) is 5.77. The van der Waals surface area contributed by atoms with E-state index < -0.39 is 0 Å². The van der Waals surface area contributed by atoms with Crippen LogP contribution in [0.25, 0.3) is 0 Å². The van der Waals surface area contributed by atoms with Gasteiger partial charge in [-0.05, 0) is 0 Å². The average molecular weight is 299 g/mol. The van der Waals surface area contributed by atoms with E-state index in [0.717, 1.165) is 5.57 Å². The van der Waals surface area contributed by atoms with Crippen LogP contribution in [0.3, 0.4) is 0 Å². The van der Waals surface area contributed by atoms with Crippen LogP contribution in [0.15, 0.2) is 42.5 Å². The van der Waals surface area contributed by atoms with Crippen molar-refractivity contribution in [2.45, 2.75) is 32.1 Å². The van der Waals surface area contributed by atoms with Crippen LogP contribution in [-0.2, 0) is 9.47 Å². The zero-order valence-electron chi connectivity index (χ0n) is 10.7. The van der Waals surface area contributed by atoms with E-state index in [4.69, 9.17) is 9.47 Å². The van der Waals surface area contributed by atoms with Gasteiger partial charge in [-0.1, -0.05) is 0 Å². The van der Waals surface area contributed by atoms with Crippen LogP contribution in [-0.4, -0.2) is 32.9 Å². The summed E-state index contributed by atoms with van der Waals surface area (Å²) in [7, 11) is 0. The van der Waals surface area contributed by atoms with Crippen LogP contribution in [0, 0.1) is 0 Å². The van der Waals surface area contributed by atoms with Gasteiger partial charge in [0.05, 0.1) is 0 Å². The standard InChI is InChI=1S/C14H20O2Se/c1-5-15-14(16-12(4)11(2)3)17-13-9-7-6-8-10-13/h6-10,12,14H,2,5H2,1,3-4H3. The van der Waals surface area contributed by atoms with E-state index in [1.54, 1.807) is 0 Å². The molecule has 0 aliphatic rings. The molecule has 1 aromatic carbocycles. The summed E-state index contributed by atoms with van der Waals surface area (Å²) in [5.41, 5.74) is 1.03. The van der Waals surface area contributed by atoms with Crippen LogP contribution in [0.5, 0.6) is 0 Å². The van der Waals surface area contributed by atoms with Crippen LogP contribution in [0.4, 0.5) is 0 Å². The summed E-state index contributed by atoms with van der Waals surface area (Å²) < 4.78 is 12.8. The third kappa shape index (κ3) is 5.51. The van der Waals surface area contributed by atoms with Crippen LogP contribution < -0.4 is 4.46 Å². The van der Waals surface area contributed by atoms with Gasteiger partial charge in [0.2, 0.25) is 0 Å². The first kappa shape index (κ1) is 14.5. The molecular formula is C14H20O2Se. The quantitative estimate of drug-likeness (QED) is 0.437. The minimum absolute atomic E-state index is 0.0390. The maximum absolute atomic E-state index is 5.86. The molecule has 0 radical (unpaired) electrons. The topological polar surface area (TPSA) is 18.5 Å². The fraction of sp³-hybridized carbons (Fsp3) is 0.429. The van der Waals surface area contributed by atoms with Crippen LogP contribution >= 0.6 is 0 Å². The summed E-state index contributed by atoms with van der Waals surface area (Å²) in [4.78, 5) is 0. The van der Waals surface area contributed by atoms with E-state index in [1.165, 1.54) is 4.46 Å². The van der Waals surface area contributed by atoms with Gasteiger partial charge in [-0.3, -0.25) is 0 Å². The summed E-state index contributed by atoms with van der Waals surface area (Å²) in [5.74, 6) is 0. The van der Waals surface area contributed by atoms with Gasteiger partial charge in [-0.25, -0.2) is 0 Å². The normalized spacial score (nSPS) is 14.3. The second-order valence-electron chi connectivity index (χ2n) is 3.80. The Morgan fingerprint density at radius 1 is 1.35 bits per heavy atom. The maximum atomic E-state index is 5.86.